The second-order valence-electron chi connectivity index (χ2n) is 23.0. The first kappa shape index (κ1) is 77.3. The lowest BCUT2D eigenvalue weighted by molar-refractivity contribution is -0.167. The van der Waals surface area contributed by atoms with E-state index >= 15 is 0 Å². The summed E-state index contributed by atoms with van der Waals surface area (Å²) >= 11 is 0. The number of esters is 3. The van der Waals surface area contributed by atoms with E-state index in [1.165, 1.54) is 180 Å². The molecule has 0 aromatic heterocycles. The highest BCUT2D eigenvalue weighted by atomic mass is 16.6. The molecule has 6 heteroatoms. The first-order chi connectivity index (χ1) is 40.0. The fraction of sp³-hybridized carbons (Fsp3) is 0.747. The Morgan fingerprint density at radius 2 is 0.481 bits per heavy atom. The van der Waals surface area contributed by atoms with Crippen molar-refractivity contribution in [2.75, 3.05) is 13.2 Å². The smallest absolute Gasteiger partial charge is 0.306 e. The highest BCUT2D eigenvalue weighted by molar-refractivity contribution is 5.71. The second-order valence-corrected chi connectivity index (χ2v) is 23.0. The number of hydrogen-bond acceptors (Lipinski definition) is 6. The van der Waals surface area contributed by atoms with Gasteiger partial charge in [0.25, 0.3) is 0 Å². The third-order valence-corrected chi connectivity index (χ3v) is 15.1. The van der Waals surface area contributed by atoms with E-state index in [1.807, 2.05) is 0 Å². The van der Waals surface area contributed by atoms with Gasteiger partial charge in [0.2, 0.25) is 0 Å². The Hall–Kier alpha value is -3.67. The summed E-state index contributed by atoms with van der Waals surface area (Å²) in [6, 6.07) is 0. The van der Waals surface area contributed by atoms with Gasteiger partial charge in [-0.05, 0) is 96.3 Å². The summed E-state index contributed by atoms with van der Waals surface area (Å²) in [5.74, 6) is -0.875. The van der Waals surface area contributed by atoms with Crippen molar-refractivity contribution in [3.8, 4) is 0 Å². The minimum Gasteiger partial charge on any atom is -0.462 e. The molecule has 1 unspecified atom stereocenters. The van der Waals surface area contributed by atoms with Crippen LogP contribution in [0.5, 0.6) is 0 Å². The Labute approximate surface area is 502 Å². The maximum absolute atomic E-state index is 12.9. The van der Waals surface area contributed by atoms with Crippen LogP contribution in [-0.4, -0.2) is 37.2 Å². The first-order valence-electron chi connectivity index (χ1n) is 34.7. The van der Waals surface area contributed by atoms with Crippen molar-refractivity contribution in [1.82, 2.24) is 0 Å². The number of ether oxygens (including phenoxy) is 3. The van der Waals surface area contributed by atoms with E-state index in [4.69, 9.17) is 14.2 Å². The number of hydrogen-bond donors (Lipinski definition) is 0. The summed E-state index contributed by atoms with van der Waals surface area (Å²) in [5.41, 5.74) is 0. The zero-order valence-electron chi connectivity index (χ0n) is 53.5. The molecule has 0 aromatic rings. The van der Waals surface area contributed by atoms with Gasteiger partial charge < -0.3 is 14.2 Å². The standard InChI is InChI=1S/C75H130O6/c1-4-7-10-13-16-19-22-25-28-30-32-33-34-35-36-37-38-39-40-41-43-44-47-50-53-56-59-62-65-68-74(77)80-71-72(70-79-73(76)67-64-61-58-55-52-49-46-27-24-21-18-15-12-9-6-3)81-75(78)69-66-63-60-57-54-51-48-45-42-31-29-26-23-20-17-14-11-8-5-2/h7-8,10-11,16-17,19-20,25-26,28-29,32-33,42,45,72H,4-6,9,12-15,18,21-24,27,30-31,34-41,43-44,46-71H2,1-3H3/b10-7-,11-8-,19-16-,20-17-,28-25-,29-26-,33-32-,45-42-. The van der Waals surface area contributed by atoms with E-state index in [9.17, 15) is 14.4 Å². The van der Waals surface area contributed by atoms with Crippen molar-refractivity contribution in [2.24, 2.45) is 0 Å². The van der Waals surface area contributed by atoms with Crippen LogP contribution in [0.4, 0.5) is 0 Å². The molecule has 0 bridgehead atoms. The summed E-state index contributed by atoms with van der Waals surface area (Å²) in [7, 11) is 0. The molecule has 0 aromatic carbocycles. The molecule has 0 heterocycles. The van der Waals surface area contributed by atoms with Gasteiger partial charge in [-0.3, -0.25) is 14.4 Å². The minimum atomic E-state index is -0.785. The van der Waals surface area contributed by atoms with Crippen molar-refractivity contribution in [3.63, 3.8) is 0 Å². The molecule has 0 amide bonds. The maximum atomic E-state index is 12.9. The normalized spacial score (nSPS) is 12.7. The second kappa shape index (κ2) is 68.8. The molecule has 0 radical (unpaired) electrons. The monoisotopic (exact) mass is 1130 g/mol. The molecule has 0 aliphatic carbocycles. The third kappa shape index (κ3) is 67.0. The number of unbranched alkanes of at least 4 members (excludes halogenated alkanes) is 36. The largest absolute Gasteiger partial charge is 0.462 e. The van der Waals surface area contributed by atoms with Crippen LogP contribution in [-0.2, 0) is 28.6 Å². The zero-order chi connectivity index (χ0) is 58.5. The molecular formula is C75H130O6. The SMILES string of the molecule is CC/C=C\C/C=C\C/C=C\C/C=C\CCCCCCCCCCCCCCCCCCC(=O)OCC(COC(=O)CCCCCCCCCCCCCCCCC)OC(=O)CCCCCCCC/C=C\C/C=C\C/C=C\C/C=C\CC. The van der Waals surface area contributed by atoms with Crippen LogP contribution < -0.4 is 0 Å². The van der Waals surface area contributed by atoms with Crippen molar-refractivity contribution in [1.29, 1.82) is 0 Å². The van der Waals surface area contributed by atoms with Crippen LogP contribution >= 0.6 is 0 Å². The van der Waals surface area contributed by atoms with E-state index in [1.54, 1.807) is 0 Å². The predicted molar refractivity (Wildman–Crippen MR) is 353 cm³/mol. The fourth-order valence-corrected chi connectivity index (χ4v) is 9.96. The van der Waals surface area contributed by atoms with Gasteiger partial charge in [0.05, 0.1) is 0 Å². The molecule has 0 aliphatic heterocycles. The highest BCUT2D eigenvalue weighted by Crippen LogP contribution is 2.18. The van der Waals surface area contributed by atoms with Gasteiger partial charge in [-0.2, -0.15) is 0 Å². The Bertz CT molecular complexity index is 1580. The Kier molecular flexibility index (Phi) is 65.7. The molecule has 0 fully saturated rings. The number of allylic oxidation sites excluding steroid dienone is 16. The molecule has 0 N–H and O–H groups in total. The number of carbonyl (C=O) groups is 3. The molecule has 81 heavy (non-hydrogen) atoms. The van der Waals surface area contributed by atoms with E-state index < -0.39 is 6.10 Å². The van der Waals surface area contributed by atoms with Crippen molar-refractivity contribution in [3.05, 3.63) is 97.2 Å². The van der Waals surface area contributed by atoms with E-state index in [0.29, 0.717) is 19.3 Å². The Morgan fingerprint density at radius 3 is 0.753 bits per heavy atom. The van der Waals surface area contributed by atoms with Gasteiger partial charge >= 0.3 is 17.9 Å². The molecule has 0 saturated carbocycles. The van der Waals surface area contributed by atoms with Gasteiger partial charge in [0.1, 0.15) is 13.2 Å². The van der Waals surface area contributed by atoms with Gasteiger partial charge in [-0.25, -0.2) is 0 Å². The van der Waals surface area contributed by atoms with E-state index in [-0.39, 0.29) is 31.1 Å². The quantitative estimate of drug-likeness (QED) is 0.0261. The lowest BCUT2D eigenvalue weighted by Gasteiger charge is -2.18. The predicted octanol–water partition coefficient (Wildman–Crippen LogP) is 24.0. The number of carbonyl (C=O) groups excluding carboxylic acids is 3. The van der Waals surface area contributed by atoms with Crippen LogP contribution in [0.1, 0.15) is 342 Å². The first-order valence-corrected chi connectivity index (χ1v) is 34.7. The minimum absolute atomic E-state index is 0.0789. The third-order valence-electron chi connectivity index (χ3n) is 15.1. The van der Waals surface area contributed by atoms with Crippen LogP contribution in [0.25, 0.3) is 0 Å². The Morgan fingerprint density at radius 1 is 0.259 bits per heavy atom. The average Bonchev–Trinajstić information content (AvgIpc) is 3.47. The van der Waals surface area contributed by atoms with Crippen LogP contribution in [0.3, 0.4) is 0 Å². The Balaban J connectivity index is 4.28. The van der Waals surface area contributed by atoms with Crippen molar-refractivity contribution < 1.29 is 28.6 Å². The highest BCUT2D eigenvalue weighted by Gasteiger charge is 2.19. The number of rotatable bonds is 63. The van der Waals surface area contributed by atoms with Crippen LogP contribution in [0.15, 0.2) is 97.2 Å². The summed E-state index contributed by atoms with van der Waals surface area (Å²) in [4.78, 5) is 38.4. The molecular weight excluding hydrogens is 997 g/mol. The molecule has 466 valence electrons. The molecule has 0 spiro atoms. The molecule has 0 aliphatic rings. The van der Waals surface area contributed by atoms with Crippen molar-refractivity contribution >= 4 is 17.9 Å². The van der Waals surface area contributed by atoms with Gasteiger partial charge in [0.15, 0.2) is 6.10 Å². The van der Waals surface area contributed by atoms with Gasteiger partial charge in [-0.15, -0.1) is 0 Å². The molecule has 1 atom stereocenters. The van der Waals surface area contributed by atoms with Gasteiger partial charge in [-0.1, -0.05) is 323 Å². The molecule has 0 rings (SSSR count). The van der Waals surface area contributed by atoms with Crippen LogP contribution in [0.2, 0.25) is 0 Å². The summed E-state index contributed by atoms with van der Waals surface area (Å²) in [6.07, 6.45) is 92.8. The summed E-state index contributed by atoms with van der Waals surface area (Å²) in [6.45, 7) is 6.45. The maximum Gasteiger partial charge on any atom is 0.306 e. The summed E-state index contributed by atoms with van der Waals surface area (Å²) < 4.78 is 17.0. The van der Waals surface area contributed by atoms with Crippen molar-refractivity contribution in [2.45, 2.75) is 348 Å². The average molecular weight is 1130 g/mol. The molecule has 6 nitrogen and oxygen atoms in total. The lowest BCUT2D eigenvalue weighted by Crippen LogP contribution is -2.30. The van der Waals surface area contributed by atoms with Gasteiger partial charge in [0, 0.05) is 19.3 Å². The fourth-order valence-electron chi connectivity index (χ4n) is 9.96. The van der Waals surface area contributed by atoms with E-state index in [2.05, 4.69) is 118 Å². The molecule has 0 saturated heterocycles. The van der Waals surface area contributed by atoms with Crippen LogP contribution in [0, 0.1) is 0 Å². The zero-order valence-corrected chi connectivity index (χ0v) is 53.5. The topological polar surface area (TPSA) is 78.9 Å². The van der Waals surface area contributed by atoms with E-state index in [0.717, 1.165) is 122 Å². The summed E-state index contributed by atoms with van der Waals surface area (Å²) in [5, 5.41) is 0. The lowest BCUT2D eigenvalue weighted by atomic mass is 10.0.